The SMILES string of the molecule is Cn1c(=O)sc2cc(S(=O)(=O)Nc3cc(F)ccc3F)ccc21. The average Bonchev–Trinajstić information content (AvgIpc) is 2.77. The molecule has 5 nitrogen and oxygen atoms in total. The molecule has 0 saturated carbocycles. The van der Waals surface area contributed by atoms with Crippen LogP contribution < -0.4 is 9.60 Å². The molecule has 9 heteroatoms. The molecule has 0 bridgehead atoms. The van der Waals surface area contributed by atoms with Crippen LogP contribution in [0.1, 0.15) is 0 Å². The Balaban J connectivity index is 2.05. The van der Waals surface area contributed by atoms with E-state index in [1.165, 1.54) is 22.8 Å². The highest BCUT2D eigenvalue weighted by Crippen LogP contribution is 2.24. The van der Waals surface area contributed by atoms with Gasteiger partial charge < -0.3 is 4.57 Å². The summed E-state index contributed by atoms with van der Waals surface area (Å²) < 4.78 is 55.3. The molecule has 2 aromatic carbocycles. The zero-order chi connectivity index (χ0) is 16.8. The highest BCUT2D eigenvalue weighted by molar-refractivity contribution is 7.92. The van der Waals surface area contributed by atoms with Gasteiger partial charge in [0.25, 0.3) is 10.0 Å². The van der Waals surface area contributed by atoms with Gasteiger partial charge in [-0.1, -0.05) is 11.3 Å². The van der Waals surface area contributed by atoms with Gasteiger partial charge in [0.05, 0.1) is 20.8 Å². The normalized spacial score (nSPS) is 11.8. The van der Waals surface area contributed by atoms with Crippen molar-refractivity contribution < 1.29 is 17.2 Å². The molecule has 1 N–H and O–H groups in total. The molecule has 0 amide bonds. The van der Waals surface area contributed by atoms with Crippen LogP contribution in [0.2, 0.25) is 0 Å². The zero-order valence-corrected chi connectivity index (χ0v) is 13.3. The summed E-state index contributed by atoms with van der Waals surface area (Å²) in [4.78, 5) is 11.2. The third kappa shape index (κ3) is 2.84. The monoisotopic (exact) mass is 356 g/mol. The number of sulfonamides is 1. The van der Waals surface area contributed by atoms with E-state index in [2.05, 4.69) is 0 Å². The number of aromatic nitrogens is 1. The van der Waals surface area contributed by atoms with Crippen molar-refractivity contribution in [2.24, 2.45) is 7.05 Å². The Morgan fingerprint density at radius 1 is 1.13 bits per heavy atom. The van der Waals surface area contributed by atoms with E-state index in [9.17, 15) is 22.0 Å². The number of rotatable bonds is 3. The van der Waals surface area contributed by atoms with E-state index in [0.717, 1.165) is 29.5 Å². The fraction of sp³-hybridized carbons (Fsp3) is 0.0714. The van der Waals surface area contributed by atoms with E-state index in [1.807, 2.05) is 4.72 Å². The lowest BCUT2D eigenvalue weighted by Gasteiger charge is -2.09. The Morgan fingerprint density at radius 2 is 1.87 bits per heavy atom. The number of aryl methyl sites for hydroxylation is 1. The highest BCUT2D eigenvalue weighted by Gasteiger charge is 2.18. The summed E-state index contributed by atoms with van der Waals surface area (Å²) in [5, 5.41) is 0. The van der Waals surface area contributed by atoms with E-state index in [-0.39, 0.29) is 9.77 Å². The Labute approximate surface area is 133 Å². The molecule has 0 aliphatic heterocycles. The van der Waals surface area contributed by atoms with Crippen molar-refractivity contribution in [2.75, 3.05) is 4.72 Å². The van der Waals surface area contributed by atoms with Crippen molar-refractivity contribution in [3.05, 3.63) is 57.7 Å². The topological polar surface area (TPSA) is 68.2 Å². The Bertz CT molecular complexity index is 1070. The third-order valence-electron chi connectivity index (χ3n) is 3.25. The second-order valence-corrected chi connectivity index (χ2v) is 7.46. The van der Waals surface area contributed by atoms with Crippen molar-refractivity contribution in [3.8, 4) is 0 Å². The molecule has 0 atom stereocenters. The maximum absolute atomic E-state index is 13.6. The number of hydrogen-bond donors (Lipinski definition) is 1. The van der Waals surface area contributed by atoms with Gasteiger partial charge in [-0.05, 0) is 30.3 Å². The van der Waals surface area contributed by atoms with Crippen LogP contribution in [0.4, 0.5) is 14.5 Å². The summed E-state index contributed by atoms with van der Waals surface area (Å²) in [6.45, 7) is 0. The van der Waals surface area contributed by atoms with Crippen molar-refractivity contribution in [3.63, 3.8) is 0 Å². The highest BCUT2D eigenvalue weighted by atomic mass is 32.2. The van der Waals surface area contributed by atoms with Gasteiger partial charge in [0.2, 0.25) is 0 Å². The summed E-state index contributed by atoms with van der Waals surface area (Å²) in [5.41, 5.74) is 0.113. The largest absolute Gasteiger partial charge is 0.307 e. The number of thiazole rings is 1. The van der Waals surface area contributed by atoms with Crippen LogP contribution in [0.25, 0.3) is 10.2 Å². The van der Waals surface area contributed by atoms with Gasteiger partial charge in [-0.3, -0.25) is 9.52 Å². The van der Waals surface area contributed by atoms with Crippen LogP contribution in [-0.2, 0) is 17.1 Å². The maximum atomic E-state index is 13.6. The summed E-state index contributed by atoms with van der Waals surface area (Å²) in [6, 6.07) is 6.59. The van der Waals surface area contributed by atoms with Crippen LogP contribution in [0.5, 0.6) is 0 Å². The van der Waals surface area contributed by atoms with E-state index in [4.69, 9.17) is 0 Å². The Morgan fingerprint density at radius 3 is 2.61 bits per heavy atom. The molecule has 0 spiro atoms. The summed E-state index contributed by atoms with van der Waals surface area (Å²) in [5.74, 6) is -1.65. The van der Waals surface area contributed by atoms with Crippen molar-refractivity contribution in [1.82, 2.24) is 4.57 Å². The molecule has 3 aromatic rings. The maximum Gasteiger partial charge on any atom is 0.307 e. The quantitative estimate of drug-likeness (QED) is 0.784. The van der Waals surface area contributed by atoms with Crippen LogP contribution in [0.15, 0.2) is 46.1 Å². The van der Waals surface area contributed by atoms with Gasteiger partial charge in [0.15, 0.2) is 0 Å². The molecule has 3 rings (SSSR count). The number of hydrogen-bond acceptors (Lipinski definition) is 4. The van der Waals surface area contributed by atoms with Gasteiger partial charge in [-0.2, -0.15) is 0 Å². The van der Waals surface area contributed by atoms with Gasteiger partial charge in [-0.25, -0.2) is 17.2 Å². The number of anilines is 1. The molecule has 0 fully saturated rings. The van der Waals surface area contributed by atoms with Crippen LogP contribution >= 0.6 is 11.3 Å². The minimum Gasteiger partial charge on any atom is -0.302 e. The molecule has 0 saturated heterocycles. The molecule has 1 aromatic heterocycles. The molecule has 0 unspecified atom stereocenters. The standard InChI is InChI=1S/C14H10F2N2O3S2/c1-18-12-5-3-9(7-13(12)22-14(18)19)23(20,21)17-11-6-8(15)2-4-10(11)16/h2-7,17H,1H3. The number of nitrogens with zero attached hydrogens (tertiary/aromatic N) is 1. The summed E-state index contributed by atoms with van der Waals surface area (Å²) in [7, 11) is -2.53. The molecular formula is C14H10F2N2O3S2. The second kappa shape index (κ2) is 5.43. The number of fused-ring (bicyclic) bond motifs is 1. The van der Waals surface area contributed by atoms with E-state index < -0.39 is 27.3 Å². The first-order valence-electron chi connectivity index (χ1n) is 6.35. The van der Waals surface area contributed by atoms with Crippen LogP contribution in [0.3, 0.4) is 0 Å². The number of nitrogens with one attached hydrogen (secondary N) is 1. The average molecular weight is 356 g/mol. The zero-order valence-electron chi connectivity index (χ0n) is 11.7. The summed E-state index contributed by atoms with van der Waals surface area (Å²) in [6.07, 6.45) is 0. The molecule has 0 aliphatic rings. The first-order valence-corrected chi connectivity index (χ1v) is 8.65. The van der Waals surface area contributed by atoms with E-state index in [1.54, 1.807) is 7.05 Å². The number of halogens is 2. The van der Waals surface area contributed by atoms with Crippen molar-refractivity contribution in [1.29, 1.82) is 0 Å². The van der Waals surface area contributed by atoms with Crippen LogP contribution in [-0.4, -0.2) is 13.0 Å². The fourth-order valence-electron chi connectivity index (χ4n) is 2.06. The van der Waals surface area contributed by atoms with Gasteiger partial charge in [0.1, 0.15) is 11.6 Å². The fourth-order valence-corrected chi connectivity index (χ4v) is 4.14. The molecule has 23 heavy (non-hydrogen) atoms. The third-order valence-corrected chi connectivity index (χ3v) is 5.61. The number of benzene rings is 2. The molecule has 0 radical (unpaired) electrons. The molecule has 120 valence electrons. The Hall–Kier alpha value is -2.26. The predicted molar refractivity (Wildman–Crippen MR) is 84.2 cm³/mol. The van der Waals surface area contributed by atoms with Crippen molar-refractivity contribution in [2.45, 2.75) is 4.90 Å². The van der Waals surface area contributed by atoms with Gasteiger partial charge in [0, 0.05) is 13.1 Å². The lowest BCUT2D eigenvalue weighted by atomic mass is 10.3. The van der Waals surface area contributed by atoms with Gasteiger partial charge in [-0.15, -0.1) is 0 Å². The predicted octanol–water partition coefficient (Wildman–Crippen LogP) is 2.68. The van der Waals surface area contributed by atoms with Gasteiger partial charge >= 0.3 is 4.87 Å². The van der Waals surface area contributed by atoms with E-state index in [0.29, 0.717) is 10.2 Å². The molecular weight excluding hydrogens is 346 g/mol. The van der Waals surface area contributed by atoms with Crippen molar-refractivity contribution >= 4 is 37.3 Å². The lowest BCUT2D eigenvalue weighted by molar-refractivity contribution is 0.594. The smallest absolute Gasteiger partial charge is 0.302 e. The van der Waals surface area contributed by atoms with E-state index >= 15 is 0 Å². The van der Waals surface area contributed by atoms with Crippen LogP contribution in [0, 0.1) is 11.6 Å². The lowest BCUT2D eigenvalue weighted by Crippen LogP contribution is -2.14. The second-order valence-electron chi connectivity index (χ2n) is 4.79. The summed E-state index contributed by atoms with van der Waals surface area (Å²) >= 11 is 0.902. The minimum absolute atomic E-state index is 0.143. The first-order chi connectivity index (χ1) is 10.8. The Kier molecular flexibility index (Phi) is 3.69. The molecule has 1 heterocycles. The molecule has 0 aliphatic carbocycles. The minimum atomic E-state index is -4.11. The first kappa shape index (κ1) is 15.6.